The SMILES string of the molecule is Cc1ccc(C(C)NC(=O)CN2CCC3(CC2)OCCO3)cc1C. The van der Waals surface area contributed by atoms with Gasteiger partial charge in [-0.15, -0.1) is 0 Å². The maximum atomic E-state index is 12.3. The monoisotopic (exact) mass is 332 g/mol. The number of rotatable bonds is 4. The molecular formula is C19H28N2O3. The highest BCUT2D eigenvalue weighted by atomic mass is 16.7. The van der Waals surface area contributed by atoms with Crippen LogP contribution in [0.1, 0.15) is 42.5 Å². The van der Waals surface area contributed by atoms with Gasteiger partial charge in [-0.1, -0.05) is 18.2 Å². The maximum absolute atomic E-state index is 12.3. The number of nitrogens with zero attached hydrogens (tertiary/aromatic N) is 1. The number of aryl methyl sites for hydroxylation is 2. The predicted molar refractivity (Wildman–Crippen MR) is 92.8 cm³/mol. The van der Waals surface area contributed by atoms with Gasteiger partial charge in [-0.05, 0) is 37.5 Å². The number of piperidine rings is 1. The van der Waals surface area contributed by atoms with Gasteiger partial charge in [-0.2, -0.15) is 0 Å². The molecule has 0 aliphatic carbocycles. The molecule has 2 fully saturated rings. The average molecular weight is 332 g/mol. The second-order valence-corrected chi connectivity index (χ2v) is 7.02. The first-order valence-corrected chi connectivity index (χ1v) is 8.84. The molecule has 5 heteroatoms. The van der Waals surface area contributed by atoms with Crippen LogP contribution in [-0.4, -0.2) is 49.4 Å². The molecule has 0 bridgehead atoms. The number of carbonyl (C=O) groups is 1. The van der Waals surface area contributed by atoms with E-state index >= 15 is 0 Å². The number of ether oxygens (including phenoxy) is 2. The standard InChI is InChI=1S/C19H28N2O3/c1-14-4-5-17(12-15(14)2)16(3)20-18(22)13-21-8-6-19(7-9-21)23-10-11-24-19/h4-5,12,16H,6-11,13H2,1-3H3,(H,20,22). The predicted octanol–water partition coefficient (Wildman–Crippen LogP) is 2.32. The number of hydrogen-bond acceptors (Lipinski definition) is 4. The first-order valence-electron chi connectivity index (χ1n) is 8.84. The fourth-order valence-corrected chi connectivity index (χ4v) is 3.45. The lowest BCUT2D eigenvalue weighted by atomic mass is 10.0. The summed E-state index contributed by atoms with van der Waals surface area (Å²) in [4.78, 5) is 14.5. The molecule has 2 heterocycles. The number of likely N-dealkylation sites (tertiary alicyclic amines) is 1. The van der Waals surface area contributed by atoms with E-state index in [1.54, 1.807) is 0 Å². The van der Waals surface area contributed by atoms with Gasteiger partial charge in [0, 0.05) is 25.9 Å². The quantitative estimate of drug-likeness (QED) is 0.919. The third kappa shape index (κ3) is 3.97. The zero-order chi connectivity index (χ0) is 17.2. The Hall–Kier alpha value is -1.43. The summed E-state index contributed by atoms with van der Waals surface area (Å²) in [6.45, 7) is 9.73. The fourth-order valence-electron chi connectivity index (χ4n) is 3.45. The minimum Gasteiger partial charge on any atom is -0.348 e. The highest BCUT2D eigenvalue weighted by Gasteiger charge is 2.39. The summed E-state index contributed by atoms with van der Waals surface area (Å²) in [7, 11) is 0. The van der Waals surface area contributed by atoms with Crippen molar-refractivity contribution in [2.75, 3.05) is 32.8 Å². The second-order valence-electron chi connectivity index (χ2n) is 7.02. The molecule has 1 unspecified atom stereocenters. The average Bonchev–Trinajstić information content (AvgIpc) is 3.00. The molecular weight excluding hydrogens is 304 g/mol. The Kier molecular flexibility index (Phi) is 5.23. The molecule has 0 radical (unpaired) electrons. The summed E-state index contributed by atoms with van der Waals surface area (Å²) >= 11 is 0. The van der Waals surface area contributed by atoms with Crippen LogP contribution >= 0.6 is 0 Å². The molecule has 2 aliphatic rings. The molecule has 1 aromatic carbocycles. The van der Waals surface area contributed by atoms with Crippen LogP contribution in [0.15, 0.2) is 18.2 Å². The summed E-state index contributed by atoms with van der Waals surface area (Å²) in [5.41, 5.74) is 3.68. The van der Waals surface area contributed by atoms with Gasteiger partial charge >= 0.3 is 0 Å². The lowest BCUT2D eigenvalue weighted by molar-refractivity contribution is -0.185. The van der Waals surface area contributed by atoms with Crippen LogP contribution in [0, 0.1) is 13.8 Å². The molecule has 1 atom stereocenters. The van der Waals surface area contributed by atoms with Gasteiger partial charge in [0.2, 0.25) is 5.91 Å². The van der Waals surface area contributed by atoms with Crippen LogP contribution in [0.3, 0.4) is 0 Å². The van der Waals surface area contributed by atoms with Crippen LogP contribution in [0.4, 0.5) is 0 Å². The molecule has 5 nitrogen and oxygen atoms in total. The van der Waals surface area contributed by atoms with Crippen molar-refractivity contribution in [1.29, 1.82) is 0 Å². The van der Waals surface area contributed by atoms with E-state index in [0.717, 1.165) is 31.5 Å². The van der Waals surface area contributed by atoms with Crippen molar-refractivity contribution >= 4 is 5.91 Å². The minimum atomic E-state index is -0.375. The molecule has 132 valence electrons. The molecule has 3 rings (SSSR count). The number of amides is 1. The van der Waals surface area contributed by atoms with E-state index < -0.39 is 0 Å². The number of carbonyl (C=O) groups excluding carboxylic acids is 1. The highest BCUT2D eigenvalue weighted by Crippen LogP contribution is 2.31. The van der Waals surface area contributed by atoms with Crippen molar-refractivity contribution in [2.24, 2.45) is 0 Å². The van der Waals surface area contributed by atoms with Gasteiger partial charge in [0.25, 0.3) is 0 Å². The molecule has 2 saturated heterocycles. The Morgan fingerprint density at radius 2 is 1.88 bits per heavy atom. The zero-order valence-electron chi connectivity index (χ0n) is 14.9. The molecule has 2 aliphatic heterocycles. The van der Waals surface area contributed by atoms with Crippen molar-refractivity contribution in [1.82, 2.24) is 10.2 Å². The van der Waals surface area contributed by atoms with E-state index in [0.29, 0.717) is 19.8 Å². The third-order valence-corrected chi connectivity index (χ3v) is 5.21. The van der Waals surface area contributed by atoms with Crippen molar-refractivity contribution in [3.8, 4) is 0 Å². The van der Waals surface area contributed by atoms with Crippen molar-refractivity contribution < 1.29 is 14.3 Å². The van der Waals surface area contributed by atoms with Gasteiger partial charge in [0.05, 0.1) is 25.8 Å². The molecule has 0 saturated carbocycles. The van der Waals surface area contributed by atoms with Crippen molar-refractivity contribution in [3.63, 3.8) is 0 Å². The first-order chi connectivity index (χ1) is 11.5. The summed E-state index contributed by atoms with van der Waals surface area (Å²) in [6.07, 6.45) is 1.68. The van der Waals surface area contributed by atoms with E-state index in [4.69, 9.17) is 9.47 Å². The fraction of sp³-hybridized carbons (Fsp3) is 0.632. The summed E-state index contributed by atoms with van der Waals surface area (Å²) in [5, 5.41) is 3.11. The maximum Gasteiger partial charge on any atom is 0.234 e. The first kappa shape index (κ1) is 17.4. The van der Waals surface area contributed by atoms with Gasteiger partial charge in [-0.3, -0.25) is 9.69 Å². The Morgan fingerprint density at radius 3 is 2.50 bits per heavy atom. The van der Waals surface area contributed by atoms with E-state index in [9.17, 15) is 4.79 Å². The second kappa shape index (κ2) is 7.21. The summed E-state index contributed by atoms with van der Waals surface area (Å²) < 4.78 is 11.5. The molecule has 1 aromatic rings. The molecule has 1 N–H and O–H groups in total. The number of hydrogen-bond donors (Lipinski definition) is 1. The zero-order valence-corrected chi connectivity index (χ0v) is 14.9. The van der Waals surface area contributed by atoms with Crippen LogP contribution in [0.5, 0.6) is 0 Å². The van der Waals surface area contributed by atoms with E-state index in [1.165, 1.54) is 11.1 Å². The van der Waals surface area contributed by atoms with E-state index in [-0.39, 0.29) is 17.7 Å². The third-order valence-electron chi connectivity index (χ3n) is 5.21. The van der Waals surface area contributed by atoms with Gasteiger partial charge in [0.15, 0.2) is 5.79 Å². The van der Waals surface area contributed by atoms with E-state index in [1.807, 2.05) is 6.92 Å². The van der Waals surface area contributed by atoms with Gasteiger partial charge < -0.3 is 14.8 Å². The number of benzene rings is 1. The van der Waals surface area contributed by atoms with Crippen molar-refractivity contribution in [2.45, 2.75) is 45.4 Å². The molecule has 1 amide bonds. The summed E-state index contributed by atoms with van der Waals surface area (Å²) in [5.74, 6) is -0.301. The Bertz CT molecular complexity index is 586. The van der Waals surface area contributed by atoms with Crippen LogP contribution in [-0.2, 0) is 14.3 Å². The summed E-state index contributed by atoms with van der Waals surface area (Å²) in [6, 6.07) is 6.38. The molecule has 1 spiro atoms. The minimum absolute atomic E-state index is 0.0226. The van der Waals surface area contributed by atoms with Gasteiger partial charge in [0.1, 0.15) is 0 Å². The van der Waals surface area contributed by atoms with Gasteiger partial charge in [-0.25, -0.2) is 0 Å². The Labute approximate surface area is 144 Å². The largest absolute Gasteiger partial charge is 0.348 e. The Morgan fingerprint density at radius 1 is 1.21 bits per heavy atom. The highest BCUT2D eigenvalue weighted by molar-refractivity contribution is 5.78. The lowest BCUT2D eigenvalue weighted by Gasteiger charge is -2.37. The normalized spacial score (nSPS) is 21.8. The smallest absolute Gasteiger partial charge is 0.234 e. The number of nitrogens with one attached hydrogen (secondary N) is 1. The van der Waals surface area contributed by atoms with E-state index in [2.05, 4.69) is 42.3 Å². The molecule has 0 aromatic heterocycles. The Balaban J connectivity index is 1.48. The van der Waals surface area contributed by atoms with Crippen molar-refractivity contribution in [3.05, 3.63) is 34.9 Å². The molecule has 24 heavy (non-hydrogen) atoms. The van der Waals surface area contributed by atoms with Crippen LogP contribution in [0.2, 0.25) is 0 Å². The van der Waals surface area contributed by atoms with Crippen LogP contribution < -0.4 is 5.32 Å². The van der Waals surface area contributed by atoms with Crippen LogP contribution in [0.25, 0.3) is 0 Å². The lowest BCUT2D eigenvalue weighted by Crippen LogP contribution is -2.48. The topological polar surface area (TPSA) is 50.8 Å².